The van der Waals surface area contributed by atoms with Crippen molar-refractivity contribution in [3.8, 4) is 0 Å². The van der Waals surface area contributed by atoms with Crippen molar-refractivity contribution in [2.24, 2.45) is 0 Å². The molecular formula is C15H19N3O3. The minimum Gasteiger partial charge on any atom is -0.354 e. The molecule has 1 saturated heterocycles. The largest absolute Gasteiger partial charge is 0.354 e. The standard InChI is InChI=1S/C15H19N3O3/c1-10-3-4-11(2)12(7-10)8-13(19)16-5-6-18-14(20)9-17-15(18)21/h3-4,7H,5-6,8-9H2,1-2H3,(H,16,19)(H,17,21). The summed E-state index contributed by atoms with van der Waals surface area (Å²) >= 11 is 0. The Hall–Kier alpha value is -2.37. The first-order valence-electron chi connectivity index (χ1n) is 6.88. The van der Waals surface area contributed by atoms with Crippen LogP contribution in [0.25, 0.3) is 0 Å². The maximum atomic E-state index is 11.9. The van der Waals surface area contributed by atoms with E-state index in [9.17, 15) is 14.4 Å². The van der Waals surface area contributed by atoms with E-state index in [1.165, 1.54) is 0 Å². The number of benzene rings is 1. The quantitative estimate of drug-likeness (QED) is 0.775. The molecule has 112 valence electrons. The van der Waals surface area contributed by atoms with Crippen LogP contribution in [0.5, 0.6) is 0 Å². The van der Waals surface area contributed by atoms with Crippen molar-refractivity contribution in [3.05, 3.63) is 34.9 Å². The highest BCUT2D eigenvalue weighted by Crippen LogP contribution is 2.11. The molecule has 4 amide bonds. The average Bonchev–Trinajstić information content (AvgIpc) is 2.74. The second kappa shape index (κ2) is 6.39. The smallest absolute Gasteiger partial charge is 0.324 e. The SMILES string of the molecule is Cc1ccc(C)c(CC(=O)NCCN2C(=O)CNC2=O)c1. The third kappa shape index (κ3) is 3.81. The predicted molar refractivity (Wildman–Crippen MR) is 77.7 cm³/mol. The van der Waals surface area contributed by atoms with E-state index >= 15 is 0 Å². The molecule has 1 aromatic rings. The van der Waals surface area contributed by atoms with E-state index in [1.54, 1.807) is 0 Å². The van der Waals surface area contributed by atoms with Gasteiger partial charge in [0.15, 0.2) is 0 Å². The molecule has 2 rings (SSSR count). The number of carbonyl (C=O) groups excluding carboxylic acids is 3. The molecule has 0 atom stereocenters. The average molecular weight is 289 g/mol. The fourth-order valence-corrected chi connectivity index (χ4v) is 2.21. The lowest BCUT2D eigenvalue weighted by Gasteiger charge is -2.13. The number of nitrogens with one attached hydrogen (secondary N) is 2. The molecular weight excluding hydrogens is 270 g/mol. The molecule has 0 aromatic heterocycles. The Morgan fingerprint density at radius 3 is 2.76 bits per heavy atom. The van der Waals surface area contributed by atoms with Gasteiger partial charge in [0.1, 0.15) is 0 Å². The van der Waals surface area contributed by atoms with Gasteiger partial charge in [0.2, 0.25) is 11.8 Å². The first-order chi connectivity index (χ1) is 9.97. The molecule has 0 spiro atoms. The van der Waals surface area contributed by atoms with Gasteiger partial charge >= 0.3 is 6.03 Å². The fourth-order valence-electron chi connectivity index (χ4n) is 2.21. The molecule has 0 aliphatic carbocycles. The maximum absolute atomic E-state index is 11.9. The highest BCUT2D eigenvalue weighted by molar-refractivity contribution is 6.01. The molecule has 2 N–H and O–H groups in total. The molecule has 1 aromatic carbocycles. The number of urea groups is 1. The van der Waals surface area contributed by atoms with E-state index in [4.69, 9.17) is 0 Å². The number of hydrogen-bond donors (Lipinski definition) is 2. The molecule has 0 bridgehead atoms. The minimum atomic E-state index is -0.399. The molecule has 6 heteroatoms. The van der Waals surface area contributed by atoms with Crippen molar-refractivity contribution in [1.82, 2.24) is 15.5 Å². The molecule has 1 aliphatic heterocycles. The van der Waals surface area contributed by atoms with E-state index in [-0.39, 0.29) is 31.4 Å². The lowest BCUT2D eigenvalue weighted by atomic mass is 10.0. The van der Waals surface area contributed by atoms with Gasteiger partial charge in [-0.2, -0.15) is 0 Å². The van der Waals surface area contributed by atoms with Gasteiger partial charge in [-0.15, -0.1) is 0 Å². The topological polar surface area (TPSA) is 78.5 Å². The van der Waals surface area contributed by atoms with Crippen LogP contribution in [0.4, 0.5) is 4.79 Å². The molecule has 0 saturated carbocycles. The number of hydrogen-bond acceptors (Lipinski definition) is 3. The van der Waals surface area contributed by atoms with Gasteiger partial charge in [0.25, 0.3) is 0 Å². The van der Waals surface area contributed by atoms with Crippen LogP contribution < -0.4 is 10.6 Å². The molecule has 0 unspecified atom stereocenters. The summed E-state index contributed by atoms with van der Waals surface area (Å²) in [5.74, 6) is -0.375. The molecule has 0 radical (unpaired) electrons. The fraction of sp³-hybridized carbons (Fsp3) is 0.400. The van der Waals surface area contributed by atoms with Crippen molar-refractivity contribution in [2.75, 3.05) is 19.6 Å². The normalized spacial score (nSPS) is 14.3. The maximum Gasteiger partial charge on any atom is 0.324 e. The van der Waals surface area contributed by atoms with Crippen molar-refractivity contribution < 1.29 is 14.4 Å². The van der Waals surface area contributed by atoms with Crippen LogP contribution in [0, 0.1) is 13.8 Å². The summed E-state index contributed by atoms with van der Waals surface area (Å²) in [7, 11) is 0. The van der Waals surface area contributed by atoms with E-state index < -0.39 is 6.03 Å². The zero-order valence-corrected chi connectivity index (χ0v) is 12.2. The summed E-state index contributed by atoms with van der Waals surface area (Å²) in [6.45, 7) is 4.45. The molecule has 21 heavy (non-hydrogen) atoms. The monoisotopic (exact) mass is 289 g/mol. The van der Waals surface area contributed by atoms with E-state index in [0.717, 1.165) is 21.6 Å². The third-order valence-corrected chi connectivity index (χ3v) is 3.45. The van der Waals surface area contributed by atoms with Crippen LogP contribution in [0.15, 0.2) is 18.2 Å². The lowest BCUT2D eigenvalue weighted by Crippen LogP contribution is -2.39. The Bertz CT molecular complexity index is 568. The minimum absolute atomic E-state index is 0.0370. The van der Waals surface area contributed by atoms with Gasteiger partial charge in [-0.3, -0.25) is 14.5 Å². The van der Waals surface area contributed by atoms with Crippen LogP contribution in [-0.2, 0) is 16.0 Å². The Morgan fingerprint density at radius 2 is 2.10 bits per heavy atom. The third-order valence-electron chi connectivity index (χ3n) is 3.45. The van der Waals surface area contributed by atoms with Gasteiger partial charge in [-0.05, 0) is 25.0 Å². The van der Waals surface area contributed by atoms with Crippen molar-refractivity contribution in [1.29, 1.82) is 0 Å². The van der Waals surface area contributed by atoms with Crippen LogP contribution in [0.3, 0.4) is 0 Å². The van der Waals surface area contributed by atoms with Crippen LogP contribution in [0.2, 0.25) is 0 Å². The van der Waals surface area contributed by atoms with Gasteiger partial charge in [-0.25, -0.2) is 4.79 Å². The summed E-state index contributed by atoms with van der Waals surface area (Å²) in [5, 5.41) is 5.17. The first kappa shape index (κ1) is 15.0. The Morgan fingerprint density at radius 1 is 1.33 bits per heavy atom. The van der Waals surface area contributed by atoms with Gasteiger partial charge in [0, 0.05) is 13.1 Å². The van der Waals surface area contributed by atoms with Gasteiger partial charge in [-0.1, -0.05) is 23.8 Å². The van der Waals surface area contributed by atoms with Crippen LogP contribution >= 0.6 is 0 Å². The second-order valence-electron chi connectivity index (χ2n) is 5.16. The Balaban J connectivity index is 1.81. The molecule has 1 aliphatic rings. The van der Waals surface area contributed by atoms with Gasteiger partial charge < -0.3 is 10.6 Å². The van der Waals surface area contributed by atoms with Crippen LogP contribution in [0.1, 0.15) is 16.7 Å². The van der Waals surface area contributed by atoms with E-state index in [0.29, 0.717) is 6.42 Å². The first-order valence-corrected chi connectivity index (χ1v) is 6.88. The number of aryl methyl sites for hydroxylation is 2. The van der Waals surface area contributed by atoms with Crippen molar-refractivity contribution in [3.63, 3.8) is 0 Å². The Labute approximate surface area is 123 Å². The molecule has 6 nitrogen and oxygen atoms in total. The number of imide groups is 1. The van der Waals surface area contributed by atoms with Crippen molar-refractivity contribution in [2.45, 2.75) is 20.3 Å². The lowest BCUT2D eigenvalue weighted by molar-refractivity contribution is -0.125. The van der Waals surface area contributed by atoms with Gasteiger partial charge in [0.05, 0.1) is 13.0 Å². The zero-order chi connectivity index (χ0) is 15.4. The number of amides is 4. The summed E-state index contributed by atoms with van der Waals surface area (Å²) in [5.41, 5.74) is 3.18. The highest BCUT2D eigenvalue weighted by atomic mass is 16.2. The molecule has 1 fully saturated rings. The summed E-state index contributed by atoms with van der Waals surface area (Å²) < 4.78 is 0. The second-order valence-corrected chi connectivity index (χ2v) is 5.16. The number of rotatable bonds is 5. The summed E-state index contributed by atoms with van der Waals surface area (Å²) in [6, 6.07) is 5.59. The van der Waals surface area contributed by atoms with E-state index in [1.807, 2.05) is 32.0 Å². The number of nitrogens with zero attached hydrogens (tertiary/aromatic N) is 1. The predicted octanol–water partition coefficient (Wildman–Crippen LogP) is 0.514. The summed E-state index contributed by atoms with van der Waals surface area (Å²) in [4.78, 5) is 35.7. The molecule has 1 heterocycles. The zero-order valence-electron chi connectivity index (χ0n) is 12.2. The highest BCUT2D eigenvalue weighted by Gasteiger charge is 2.27. The van der Waals surface area contributed by atoms with Crippen molar-refractivity contribution >= 4 is 17.8 Å². The summed E-state index contributed by atoms with van der Waals surface area (Å²) in [6.07, 6.45) is 0.299. The number of carbonyl (C=O) groups is 3. The Kier molecular flexibility index (Phi) is 4.57. The van der Waals surface area contributed by atoms with E-state index in [2.05, 4.69) is 10.6 Å². The van der Waals surface area contributed by atoms with Crippen LogP contribution in [-0.4, -0.2) is 42.4 Å².